The Morgan fingerprint density at radius 1 is 1.50 bits per heavy atom. The van der Waals surface area contributed by atoms with Crippen molar-refractivity contribution in [2.45, 2.75) is 44.2 Å². The minimum absolute atomic E-state index is 0.354. The van der Waals surface area contributed by atoms with E-state index in [1.54, 1.807) is 11.3 Å². The number of likely N-dealkylation sites (tertiary alicyclic amines) is 1. The second kappa shape index (κ2) is 5.47. The van der Waals surface area contributed by atoms with Gasteiger partial charge < -0.3 is 10.8 Å². The van der Waals surface area contributed by atoms with Crippen molar-refractivity contribution in [2.24, 2.45) is 11.7 Å². The maximum absolute atomic E-state index is 11.1. The lowest BCUT2D eigenvalue weighted by molar-refractivity contribution is -0.0966. The third kappa shape index (κ3) is 2.75. The van der Waals surface area contributed by atoms with E-state index in [1.165, 1.54) is 17.7 Å². The molecule has 1 saturated heterocycles. The number of thiophene rings is 1. The van der Waals surface area contributed by atoms with E-state index in [9.17, 15) is 9.90 Å². The molecule has 3 rings (SSSR count). The molecule has 2 unspecified atom stereocenters. The molecule has 2 fully saturated rings. The Morgan fingerprint density at radius 2 is 2.35 bits per heavy atom. The highest BCUT2D eigenvalue weighted by molar-refractivity contribution is 7.10. The zero-order chi connectivity index (χ0) is 14.2. The second-order valence-corrected chi connectivity index (χ2v) is 7.19. The normalized spacial score (nSPS) is 30.9. The average Bonchev–Trinajstić information content (AvgIpc) is 2.88. The van der Waals surface area contributed by atoms with E-state index >= 15 is 0 Å². The van der Waals surface area contributed by atoms with Gasteiger partial charge in [0.1, 0.15) is 0 Å². The van der Waals surface area contributed by atoms with Gasteiger partial charge >= 0.3 is 0 Å². The van der Waals surface area contributed by atoms with E-state index in [4.69, 9.17) is 5.73 Å². The smallest absolute Gasteiger partial charge is 0.249 e. The number of nitrogens with two attached hydrogens (primary N) is 1. The number of carbonyl (C=O) groups is 1. The van der Waals surface area contributed by atoms with Crippen molar-refractivity contribution in [3.63, 3.8) is 0 Å². The number of primary amides is 1. The van der Waals surface area contributed by atoms with Crippen molar-refractivity contribution in [2.75, 3.05) is 13.1 Å². The summed E-state index contributed by atoms with van der Waals surface area (Å²) in [5.74, 6) is 0.0633. The molecule has 2 heterocycles. The number of hydrogen-bond donors (Lipinski definition) is 2. The largest absolute Gasteiger partial charge is 0.390 e. The second-order valence-electron chi connectivity index (χ2n) is 6.20. The molecule has 1 aromatic rings. The molecule has 5 heteroatoms. The molecule has 1 aromatic heterocycles. The molecule has 0 radical (unpaired) electrons. The van der Waals surface area contributed by atoms with Crippen LogP contribution in [0.15, 0.2) is 11.4 Å². The molecule has 1 aliphatic carbocycles. The quantitative estimate of drug-likeness (QED) is 0.895. The zero-order valence-corrected chi connectivity index (χ0v) is 12.5. The maximum atomic E-state index is 11.1. The van der Waals surface area contributed by atoms with Crippen molar-refractivity contribution in [3.8, 4) is 0 Å². The molecule has 3 N–H and O–H groups in total. The van der Waals surface area contributed by atoms with Gasteiger partial charge in [-0.15, -0.1) is 11.3 Å². The summed E-state index contributed by atoms with van der Waals surface area (Å²) < 4.78 is 0. The van der Waals surface area contributed by atoms with Crippen LogP contribution in [-0.2, 0) is 6.54 Å². The van der Waals surface area contributed by atoms with Crippen LogP contribution in [0, 0.1) is 5.92 Å². The number of carbonyl (C=O) groups excluding carboxylic acids is 1. The van der Waals surface area contributed by atoms with Crippen LogP contribution in [0.5, 0.6) is 0 Å². The topological polar surface area (TPSA) is 66.6 Å². The van der Waals surface area contributed by atoms with Crippen LogP contribution in [0.2, 0.25) is 0 Å². The van der Waals surface area contributed by atoms with Crippen LogP contribution in [0.25, 0.3) is 0 Å². The van der Waals surface area contributed by atoms with E-state index in [-0.39, 0.29) is 5.91 Å². The fraction of sp³-hybridized carbons (Fsp3) is 0.667. The molecule has 1 saturated carbocycles. The van der Waals surface area contributed by atoms with Gasteiger partial charge in [0.25, 0.3) is 0 Å². The molecule has 1 amide bonds. The molecular weight excluding hydrogens is 272 g/mol. The number of rotatable bonds is 3. The monoisotopic (exact) mass is 294 g/mol. The number of piperidine rings is 1. The van der Waals surface area contributed by atoms with Crippen molar-refractivity contribution in [1.29, 1.82) is 0 Å². The highest BCUT2D eigenvalue weighted by Gasteiger charge is 2.42. The van der Waals surface area contributed by atoms with Crippen molar-refractivity contribution in [1.82, 2.24) is 4.90 Å². The summed E-state index contributed by atoms with van der Waals surface area (Å²) in [4.78, 5) is 14.7. The molecule has 20 heavy (non-hydrogen) atoms. The van der Waals surface area contributed by atoms with E-state index in [0.29, 0.717) is 11.5 Å². The van der Waals surface area contributed by atoms with Crippen LogP contribution in [0.4, 0.5) is 0 Å². The highest BCUT2D eigenvalue weighted by atomic mass is 32.1. The Balaban J connectivity index is 1.63. The predicted molar refractivity (Wildman–Crippen MR) is 79.6 cm³/mol. The molecular formula is C15H22N2O2S. The van der Waals surface area contributed by atoms with Crippen LogP contribution < -0.4 is 5.73 Å². The molecule has 2 aliphatic rings. The molecule has 4 nitrogen and oxygen atoms in total. The minimum atomic E-state index is -0.414. The van der Waals surface area contributed by atoms with Crippen LogP contribution in [0.1, 0.15) is 47.3 Å². The first kappa shape index (κ1) is 14.0. The lowest BCUT2D eigenvalue weighted by Gasteiger charge is -2.47. The van der Waals surface area contributed by atoms with Crippen LogP contribution >= 0.6 is 11.3 Å². The predicted octanol–water partition coefficient (Wildman–Crippen LogP) is 1.97. The minimum Gasteiger partial charge on any atom is -0.390 e. The van der Waals surface area contributed by atoms with Gasteiger partial charge in [-0.05, 0) is 25.3 Å². The molecule has 2 atom stereocenters. The Labute approximate surface area is 123 Å². The zero-order valence-electron chi connectivity index (χ0n) is 11.7. The van der Waals surface area contributed by atoms with Gasteiger partial charge in [0.05, 0.1) is 11.2 Å². The van der Waals surface area contributed by atoms with Gasteiger partial charge in [0, 0.05) is 35.8 Å². The third-order valence-corrected chi connectivity index (χ3v) is 5.75. The van der Waals surface area contributed by atoms with Gasteiger partial charge in [-0.1, -0.05) is 12.8 Å². The molecule has 0 spiro atoms. The summed E-state index contributed by atoms with van der Waals surface area (Å²) >= 11 is 1.59. The average molecular weight is 294 g/mol. The Kier molecular flexibility index (Phi) is 3.84. The summed E-state index contributed by atoms with van der Waals surface area (Å²) in [5, 5.41) is 12.5. The van der Waals surface area contributed by atoms with Crippen LogP contribution in [-0.4, -0.2) is 34.6 Å². The number of amides is 1. The highest BCUT2D eigenvalue weighted by Crippen LogP contribution is 2.40. The fourth-order valence-corrected chi connectivity index (χ4v) is 4.51. The molecule has 0 bridgehead atoms. The maximum Gasteiger partial charge on any atom is 0.249 e. The molecule has 1 aliphatic heterocycles. The Hall–Kier alpha value is -0.910. The summed E-state index contributed by atoms with van der Waals surface area (Å²) in [6, 6.07) is 1.90. The van der Waals surface area contributed by atoms with Crippen molar-refractivity contribution in [3.05, 3.63) is 21.9 Å². The van der Waals surface area contributed by atoms with E-state index < -0.39 is 5.60 Å². The van der Waals surface area contributed by atoms with Gasteiger partial charge in [0.2, 0.25) is 5.91 Å². The van der Waals surface area contributed by atoms with Gasteiger partial charge in [0.15, 0.2) is 0 Å². The number of hydrogen-bond acceptors (Lipinski definition) is 4. The van der Waals surface area contributed by atoms with E-state index in [1.807, 2.05) is 11.4 Å². The summed E-state index contributed by atoms with van der Waals surface area (Å²) in [6.07, 6.45) is 5.40. The summed E-state index contributed by atoms with van der Waals surface area (Å²) in [5.41, 5.74) is 5.48. The third-order valence-electron chi connectivity index (χ3n) is 4.83. The number of fused-ring (bicyclic) bond motifs is 1. The first-order valence-corrected chi connectivity index (χ1v) is 8.27. The fourth-order valence-electron chi connectivity index (χ4n) is 3.60. The summed E-state index contributed by atoms with van der Waals surface area (Å²) in [6.45, 7) is 2.78. The van der Waals surface area contributed by atoms with E-state index in [2.05, 4.69) is 4.90 Å². The summed E-state index contributed by atoms with van der Waals surface area (Å²) in [7, 11) is 0. The molecule has 0 aromatic carbocycles. The van der Waals surface area contributed by atoms with Crippen molar-refractivity contribution < 1.29 is 9.90 Å². The first-order valence-electron chi connectivity index (χ1n) is 7.39. The Bertz CT molecular complexity index is 502. The van der Waals surface area contributed by atoms with Crippen LogP contribution in [0.3, 0.4) is 0 Å². The SMILES string of the molecule is NC(=O)c1csc(CN2CCC3(O)CCCCC3C2)c1. The first-order chi connectivity index (χ1) is 9.57. The lowest BCUT2D eigenvalue weighted by atomic mass is 9.71. The molecule has 110 valence electrons. The van der Waals surface area contributed by atoms with Gasteiger partial charge in [-0.3, -0.25) is 9.69 Å². The van der Waals surface area contributed by atoms with Crippen molar-refractivity contribution >= 4 is 17.2 Å². The standard InChI is InChI=1S/C15H22N2O2S/c16-14(18)11-7-13(20-10-11)9-17-6-5-15(19)4-2-1-3-12(15)8-17/h7,10,12,19H,1-6,8-9H2,(H2,16,18). The number of aliphatic hydroxyl groups is 1. The number of nitrogens with zero attached hydrogens (tertiary/aromatic N) is 1. The van der Waals surface area contributed by atoms with Gasteiger partial charge in [-0.2, -0.15) is 0 Å². The van der Waals surface area contributed by atoms with E-state index in [0.717, 1.165) is 38.9 Å². The lowest BCUT2D eigenvalue weighted by Crippen LogP contribution is -2.52. The Morgan fingerprint density at radius 3 is 3.10 bits per heavy atom. The van der Waals surface area contributed by atoms with Gasteiger partial charge in [-0.25, -0.2) is 0 Å².